The molecule has 0 aliphatic carbocycles. The summed E-state index contributed by atoms with van der Waals surface area (Å²) in [4.78, 5) is 0. The van der Waals surface area contributed by atoms with Crippen LogP contribution in [-0.2, 0) is 0 Å². The van der Waals surface area contributed by atoms with E-state index in [1.54, 1.807) is 10.7 Å². The Kier molecular flexibility index (Phi) is 3.92. The monoisotopic (exact) mass is 282 g/mol. The van der Waals surface area contributed by atoms with Gasteiger partial charge in [-0.15, -0.1) is 0 Å². The van der Waals surface area contributed by atoms with Gasteiger partial charge in [-0.3, -0.25) is 4.68 Å². The molecule has 1 unspecified atom stereocenters. The molecule has 3 nitrogen and oxygen atoms in total. The highest BCUT2D eigenvalue weighted by Crippen LogP contribution is 2.31. The van der Waals surface area contributed by atoms with Crippen LogP contribution in [-0.4, -0.2) is 14.9 Å². The van der Waals surface area contributed by atoms with E-state index in [4.69, 9.17) is 11.6 Å². The van der Waals surface area contributed by atoms with Crippen molar-refractivity contribution in [3.63, 3.8) is 0 Å². The van der Waals surface area contributed by atoms with Gasteiger partial charge < -0.3 is 5.11 Å². The van der Waals surface area contributed by atoms with E-state index in [-0.39, 0.29) is 11.9 Å². The normalized spacial score (nSPS) is 13.0. The van der Waals surface area contributed by atoms with Crippen LogP contribution in [0, 0.1) is 12.7 Å². The van der Waals surface area contributed by atoms with Crippen LogP contribution < -0.4 is 0 Å². The fourth-order valence-electron chi connectivity index (χ4n) is 2.07. The Morgan fingerprint density at radius 1 is 1.37 bits per heavy atom. The number of hydrogen-bond acceptors (Lipinski definition) is 2. The van der Waals surface area contributed by atoms with Crippen LogP contribution >= 0.6 is 11.6 Å². The van der Waals surface area contributed by atoms with Crippen LogP contribution in [0.25, 0.3) is 0 Å². The summed E-state index contributed by atoms with van der Waals surface area (Å²) in [6.45, 7) is 5.71. The third kappa shape index (κ3) is 2.65. The van der Waals surface area contributed by atoms with Crippen LogP contribution in [0.1, 0.15) is 42.8 Å². The Hall–Kier alpha value is -1.39. The fourth-order valence-corrected chi connectivity index (χ4v) is 2.30. The lowest BCUT2D eigenvalue weighted by molar-refractivity contribution is 0.204. The number of aliphatic hydroxyl groups is 1. The summed E-state index contributed by atoms with van der Waals surface area (Å²) in [5, 5.41) is 15.0. The summed E-state index contributed by atoms with van der Waals surface area (Å²) in [6, 6.07) is 4.39. The topological polar surface area (TPSA) is 38.1 Å². The van der Waals surface area contributed by atoms with Crippen molar-refractivity contribution < 1.29 is 9.50 Å². The number of aryl methyl sites for hydroxylation is 1. The van der Waals surface area contributed by atoms with E-state index in [0.717, 1.165) is 5.56 Å². The van der Waals surface area contributed by atoms with Gasteiger partial charge in [0.05, 0.1) is 16.9 Å². The molecule has 0 aliphatic rings. The van der Waals surface area contributed by atoms with E-state index in [1.807, 2.05) is 20.8 Å². The Morgan fingerprint density at radius 3 is 2.68 bits per heavy atom. The SMILES string of the molecule is Cc1ccc(F)cc1C(O)c1c(Cl)cnn1C(C)C. The quantitative estimate of drug-likeness (QED) is 0.933. The number of nitrogens with zero attached hydrogens (tertiary/aromatic N) is 2. The highest BCUT2D eigenvalue weighted by Gasteiger charge is 2.22. The summed E-state index contributed by atoms with van der Waals surface area (Å²) >= 11 is 6.09. The number of aliphatic hydroxyl groups excluding tert-OH is 1. The predicted molar refractivity (Wildman–Crippen MR) is 72.8 cm³/mol. The molecule has 0 fully saturated rings. The summed E-state index contributed by atoms with van der Waals surface area (Å²) in [5.41, 5.74) is 1.80. The maximum atomic E-state index is 13.3. The van der Waals surface area contributed by atoms with Gasteiger partial charge in [0.1, 0.15) is 11.9 Å². The number of hydrogen-bond donors (Lipinski definition) is 1. The number of aromatic nitrogens is 2. The van der Waals surface area contributed by atoms with Crippen molar-refractivity contribution in [2.75, 3.05) is 0 Å². The van der Waals surface area contributed by atoms with Gasteiger partial charge in [-0.25, -0.2) is 4.39 Å². The predicted octanol–water partition coefficient (Wildman–Crippen LogP) is 3.65. The number of rotatable bonds is 3. The lowest BCUT2D eigenvalue weighted by atomic mass is 10.0. The zero-order chi connectivity index (χ0) is 14.2. The number of benzene rings is 1. The van der Waals surface area contributed by atoms with Crippen molar-refractivity contribution in [3.05, 3.63) is 52.1 Å². The first-order valence-electron chi connectivity index (χ1n) is 6.08. The molecular weight excluding hydrogens is 267 g/mol. The third-order valence-electron chi connectivity index (χ3n) is 3.07. The Bertz CT molecular complexity index is 595. The molecule has 0 spiro atoms. The van der Waals surface area contributed by atoms with Gasteiger partial charge in [0.2, 0.25) is 0 Å². The maximum absolute atomic E-state index is 13.3. The largest absolute Gasteiger partial charge is 0.382 e. The molecule has 0 bridgehead atoms. The molecule has 1 aromatic carbocycles. The number of halogens is 2. The second-order valence-electron chi connectivity index (χ2n) is 4.82. The average Bonchev–Trinajstić information content (AvgIpc) is 2.73. The molecule has 2 aromatic rings. The van der Waals surface area contributed by atoms with Crippen molar-refractivity contribution in [1.29, 1.82) is 0 Å². The van der Waals surface area contributed by atoms with Gasteiger partial charge in [0.15, 0.2) is 0 Å². The van der Waals surface area contributed by atoms with Crippen LogP contribution in [0.4, 0.5) is 4.39 Å². The minimum absolute atomic E-state index is 0.0611. The standard InChI is InChI=1S/C14H16ClFN2O/c1-8(2)18-13(12(15)7-17-18)14(19)11-6-10(16)5-4-9(11)3/h4-8,14,19H,1-3H3. The maximum Gasteiger partial charge on any atom is 0.123 e. The van der Waals surface area contributed by atoms with Crippen molar-refractivity contribution in [3.8, 4) is 0 Å². The molecule has 5 heteroatoms. The van der Waals surface area contributed by atoms with E-state index in [0.29, 0.717) is 16.3 Å². The van der Waals surface area contributed by atoms with Crippen LogP contribution in [0.15, 0.2) is 24.4 Å². The minimum Gasteiger partial charge on any atom is -0.382 e. The average molecular weight is 283 g/mol. The van der Waals surface area contributed by atoms with Gasteiger partial charge in [0.25, 0.3) is 0 Å². The van der Waals surface area contributed by atoms with E-state index in [2.05, 4.69) is 5.10 Å². The van der Waals surface area contributed by atoms with E-state index in [1.165, 1.54) is 18.3 Å². The summed E-state index contributed by atoms with van der Waals surface area (Å²) in [5.74, 6) is -0.383. The van der Waals surface area contributed by atoms with Gasteiger partial charge in [-0.05, 0) is 44.0 Å². The molecule has 1 aromatic heterocycles. The zero-order valence-electron chi connectivity index (χ0n) is 11.1. The molecule has 0 saturated heterocycles. The van der Waals surface area contributed by atoms with Crippen LogP contribution in [0.5, 0.6) is 0 Å². The second kappa shape index (κ2) is 5.31. The lowest BCUT2D eigenvalue weighted by Crippen LogP contribution is -2.13. The molecule has 0 saturated carbocycles. The Morgan fingerprint density at radius 2 is 2.05 bits per heavy atom. The molecule has 0 radical (unpaired) electrons. The molecule has 1 heterocycles. The van der Waals surface area contributed by atoms with Crippen molar-refractivity contribution in [1.82, 2.24) is 9.78 Å². The first-order chi connectivity index (χ1) is 8.91. The molecule has 1 atom stereocenters. The van der Waals surface area contributed by atoms with Gasteiger partial charge in [0, 0.05) is 6.04 Å². The molecule has 19 heavy (non-hydrogen) atoms. The zero-order valence-corrected chi connectivity index (χ0v) is 11.8. The van der Waals surface area contributed by atoms with Gasteiger partial charge in [-0.1, -0.05) is 17.7 Å². The van der Waals surface area contributed by atoms with Crippen molar-refractivity contribution in [2.24, 2.45) is 0 Å². The van der Waals surface area contributed by atoms with Crippen molar-refractivity contribution in [2.45, 2.75) is 32.9 Å². The minimum atomic E-state index is -0.992. The highest BCUT2D eigenvalue weighted by molar-refractivity contribution is 6.31. The Balaban J connectivity index is 2.52. The van der Waals surface area contributed by atoms with E-state index in [9.17, 15) is 9.50 Å². The Labute approximate surface area is 116 Å². The van der Waals surface area contributed by atoms with Gasteiger partial charge >= 0.3 is 0 Å². The molecule has 102 valence electrons. The van der Waals surface area contributed by atoms with Crippen LogP contribution in [0.3, 0.4) is 0 Å². The molecule has 2 rings (SSSR count). The third-order valence-corrected chi connectivity index (χ3v) is 3.36. The molecular formula is C14H16ClFN2O. The van der Waals surface area contributed by atoms with Gasteiger partial charge in [-0.2, -0.15) is 5.10 Å². The summed E-state index contributed by atoms with van der Waals surface area (Å²) < 4.78 is 15.0. The molecule has 1 N–H and O–H groups in total. The highest BCUT2D eigenvalue weighted by atomic mass is 35.5. The summed E-state index contributed by atoms with van der Waals surface area (Å²) in [6.07, 6.45) is 0.502. The van der Waals surface area contributed by atoms with E-state index < -0.39 is 6.10 Å². The fraction of sp³-hybridized carbons (Fsp3) is 0.357. The first-order valence-corrected chi connectivity index (χ1v) is 6.46. The second-order valence-corrected chi connectivity index (χ2v) is 5.23. The molecule has 0 amide bonds. The summed E-state index contributed by atoms with van der Waals surface area (Å²) in [7, 11) is 0. The lowest BCUT2D eigenvalue weighted by Gasteiger charge is -2.18. The van der Waals surface area contributed by atoms with Crippen molar-refractivity contribution >= 4 is 11.6 Å². The molecule has 0 aliphatic heterocycles. The van der Waals surface area contributed by atoms with E-state index >= 15 is 0 Å². The first kappa shape index (κ1) is 14.0. The smallest absolute Gasteiger partial charge is 0.123 e. The van der Waals surface area contributed by atoms with Crippen LogP contribution in [0.2, 0.25) is 5.02 Å².